The molecular formula is C16H19ClN2OS. The number of carbonyl (C=O) groups is 1. The van der Waals surface area contributed by atoms with Gasteiger partial charge >= 0.3 is 0 Å². The van der Waals surface area contributed by atoms with E-state index in [4.69, 9.17) is 11.6 Å². The summed E-state index contributed by atoms with van der Waals surface area (Å²) >= 11 is 7.84. The normalized spacial score (nSPS) is 17.5. The minimum atomic E-state index is 0.0413. The minimum Gasteiger partial charge on any atom is -0.315 e. The van der Waals surface area contributed by atoms with E-state index in [0.717, 1.165) is 52.3 Å². The lowest BCUT2D eigenvalue weighted by Gasteiger charge is -2.17. The first-order chi connectivity index (χ1) is 10.2. The first-order valence-electron chi connectivity index (χ1n) is 7.57. The van der Waals surface area contributed by atoms with Gasteiger partial charge in [0.15, 0.2) is 4.80 Å². The van der Waals surface area contributed by atoms with Crippen molar-refractivity contribution in [1.29, 1.82) is 0 Å². The summed E-state index contributed by atoms with van der Waals surface area (Å²) in [7, 11) is 0. The lowest BCUT2D eigenvalue weighted by atomic mass is 9.89. The molecule has 3 rings (SSSR count). The number of carbonyl (C=O) groups excluding carboxylic acids is 1. The zero-order valence-electron chi connectivity index (χ0n) is 12.1. The van der Waals surface area contributed by atoms with Gasteiger partial charge in [-0.3, -0.25) is 4.79 Å². The molecule has 1 heterocycles. The minimum absolute atomic E-state index is 0.0413. The lowest BCUT2D eigenvalue weighted by molar-refractivity contribution is -0.122. The molecule has 21 heavy (non-hydrogen) atoms. The quantitative estimate of drug-likeness (QED) is 0.807. The summed E-state index contributed by atoms with van der Waals surface area (Å²) in [5.74, 6) is 0.157. The zero-order chi connectivity index (χ0) is 14.8. The van der Waals surface area contributed by atoms with Crippen LogP contribution in [0.2, 0.25) is 5.02 Å². The van der Waals surface area contributed by atoms with Crippen LogP contribution in [0.3, 0.4) is 0 Å². The summed E-state index contributed by atoms with van der Waals surface area (Å²) in [4.78, 5) is 17.6. The number of amides is 1. The molecule has 0 saturated heterocycles. The lowest BCUT2D eigenvalue weighted by Crippen LogP contribution is -2.21. The molecule has 0 unspecified atom stereocenters. The van der Waals surface area contributed by atoms with E-state index in [-0.39, 0.29) is 11.8 Å². The van der Waals surface area contributed by atoms with Gasteiger partial charge in [0.25, 0.3) is 5.91 Å². The molecular weight excluding hydrogens is 304 g/mol. The summed E-state index contributed by atoms with van der Waals surface area (Å²) in [5, 5.41) is 0.720. The predicted molar refractivity (Wildman–Crippen MR) is 87.6 cm³/mol. The number of hydrogen-bond donors (Lipinski definition) is 0. The number of halogens is 1. The highest BCUT2D eigenvalue weighted by Crippen LogP contribution is 2.26. The molecule has 0 spiro atoms. The highest BCUT2D eigenvalue weighted by atomic mass is 35.5. The van der Waals surface area contributed by atoms with Gasteiger partial charge in [-0.05, 0) is 31.9 Å². The largest absolute Gasteiger partial charge is 0.315 e. The van der Waals surface area contributed by atoms with E-state index < -0.39 is 0 Å². The molecule has 1 amide bonds. The van der Waals surface area contributed by atoms with Crippen LogP contribution in [-0.4, -0.2) is 10.5 Å². The Hall–Kier alpha value is -1.13. The fourth-order valence-electron chi connectivity index (χ4n) is 3.00. The number of rotatable bonds is 2. The Morgan fingerprint density at radius 3 is 2.86 bits per heavy atom. The topological polar surface area (TPSA) is 34.4 Å². The SMILES string of the molecule is CCn1c(=NC(=O)C2CCCCC2)sc2cccc(Cl)c21. The maximum Gasteiger partial charge on any atom is 0.251 e. The molecule has 3 nitrogen and oxygen atoms in total. The maximum atomic E-state index is 12.4. The highest BCUT2D eigenvalue weighted by Gasteiger charge is 2.21. The van der Waals surface area contributed by atoms with Crippen LogP contribution in [0, 0.1) is 5.92 Å². The van der Waals surface area contributed by atoms with Gasteiger partial charge < -0.3 is 4.57 Å². The Morgan fingerprint density at radius 1 is 1.38 bits per heavy atom. The van der Waals surface area contributed by atoms with Crippen LogP contribution >= 0.6 is 22.9 Å². The van der Waals surface area contributed by atoms with Crippen LogP contribution in [0.5, 0.6) is 0 Å². The number of hydrogen-bond acceptors (Lipinski definition) is 2. The monoisotopic (exact) mass is 322 g/mol. The zero-order valence-corrected chi connectivity index (χ0v) is 13.7. The van der Waals surface area contributed by atoms with Crippen molar-refractivity contribution in [2.24, 2.45) is 10.9 Å². The third-order valence-electron chi connectivity index (χ3n) is 4.13. The number of fused-ring (bicyclic) bond motifs is 1. The van der Waals surface area contributed by atoms with E-state index in [9.17, 15) is 4.79 Å². The van der Waals surface area contributed by atoms with Crippen molar-refractivity contribution in [3.8, 4) is 0 Å². The van der Waals surface area contributed by atoms with E-state index in [2.05, 4.69) is 11.9 Å². The van der Waals surface area contributed by atoms with Crippen molar-refractivity contribution in [2.45, 2.75) is 45.6 Å². The van der Waals surface area contributed by atoms with E-state index in [1.807, 2.05) is 22.8 Å². The van der Waals surface area contributed by atoms with E-state index in [1.165, 1.54) is 6.42 Å². The molecule has 1 aliphatic carbocycles. The molecule has 1 fully saturated rings. The number of thiazole rings is 1. The number of benzene rings is 1. The van der Waals surface area contributed by atoms with Gasteiger partial charge in [-0.15, -0.1) is 0 Å². The van der Waals surface area contributed by atoms with Gasteiger partial charge in [0, 0.05) is 12.5 Å². The average Bonchev–Trinajstić information content (AvgIpc) is 2.86. The van der Waals surface area contributed by atoms with Crippen LogP contribution < -0.4 is 4.80 Å². The first-order valence-corrected chi connectivity index (χ1v) is 8.76. The number of aromatic nitrogens is 1. The molecule has 1 aromatic carbocycles. The molecule has 0 bridgehead atoms. The second-order valence-corrected chi connectivity index (χ2v) is 6.92. The molecule has 1 aromatic heterocycles. The fraction of sp³-hybridized carbons (Fsp3) is 0.500. The predicted octanol–water partition coefficient (Wildman–Crippen LogP) is 4.38. The van der Waals surface area contributed by atoms with Gasteiger partial charge in [-0.2, -0.15) is 4.99 Å². The van der Waals surface area contributed by atoms with Crippen molar-refractivity contribution in [1.82, 2.24) is 4.57 Å². The van der Waals surface area contributed by atoms with Gasteiger partial charge in [0.05, 0.1) is 15.2 Å². The number of nitrogens with zero attached hydrogens (tertiary/aromatic N) is 2. The Balaban J connectivity index is 2.05. The third-order valence-corrected chi connectivity index (χ3v) is 5.48. The second kappa shape index (κ2) is 6.32. The van der Waals surface area contributed by atoms with Gasteiger partial charge in [0.1, 0.15) is 0 Å². The van der Waals surface area contributed by atoms with E-state index >= 15 is 0 Å². The molecule has 0 radical (unpaired) electrons. The van der Waals surface area contributed by atoms with Crippen LogP contribution in [-0.2, 0) is 11.3 Å². The van der Waals surface area contributed by atoms with Gasteiger partial charge in [-0.1, -0.05) is 48.3 Å². The van der Waals surface area contributed by atoms with Gasteiger partial charge in [-0.25, -0.2) is 0 Å². The van der Waals surface area contributed by atoms with E-state index in [1.54, 1.807) is 11.3 Å². The van der Waals surface area contributed by atoms with Gasteiger partial charge in [0.2, 0.25) is 0 Å². The summed E-state index contributed by atoms with van der Waals surface area (Å²) in [5.41, 5.74) is 0.988. The molecule has 5 heteroatoms. The van der Waals surface area contributed by atoms with Crippen molar-refractivity contribution >= 4 is 39.1 Å². The highest BCUT2D eigenvalue weighted by molar-refractivity contribution is 7.16. The molecule has 0 atom stereocenters. The summed E-state index contributed by atoms with van der Waals surface area (Å²) in [6, 6.07) is 5.85. The van der Waals surface area contributed by atoms with Crippen LogP contribution in [0.25, 0.3) is 10.2 Å². The fourth-order valence-corrected chi connectivity index (χ4v) is 4.46. The molecule has 112 valence electrons. The summed E-state index contributed by atoms with van der Waals surface area (Å²) in [6.07, 6.45) is 5.52. The molecule has 2 aromatic rings. The van der Waals surface area contributed by atoms with E-state index in [0.29, 0.717) is 0 Å². The Labute approximate surface area is 133 Å². The maximum absolute atomic E-state index is 12.4. The van der Waals surface area contributed by atoms with Crippen molar-refractivity contribution in [3.63, 3.8) is 0 Å². The third kappa shape index (κ3) is 2.92. The average molecular weight is 323 g/mol. The van der Waals surface area contributed by atoms with Crippen LogP contribution in [0.1, 0.15) is 39.0 Å². The van der Waals surface area contributed by atoms with Crippen LogP contribution in [0.4, 0.5) is 0 Å². The second-order valence-electron chi connectivity index (χ2n) is 5.50. The smallest absolute Gasteiger partial charge is 0.251 e. The summed E-state index contributed by atoms with van der Waals surface area (Å²) in [6.45, 7) is 2.82. The molecule has 1 saturated carbocycles. The Morgan fingerprint density at radius 2 is 2.14 bits per heavy atom. The molecule has 0 aliphatic heterocycles. The van der Waals surface area contributed by atoms with Crippen molar-refractivity contribution < 1.29 is 4.79 Å². The Bertz CT molecular complexity index is 725. The first kappa shape index (κ1) is 14.8. The molecule has 0 N–H and O–H groups in total. The Kier molecular flexibility index (Phi) is 4.45. The number of aryl methyl sites for hydroxylation is 1. The summed E-state index contributed by atoms with van der Waals surface area (Å²) < 4.78 is 3.13. The van der Waals surface area contributed by atoms with Crippen molar-refractivity contribution in [2.75, 3.05) is 0 Å². The molecule has 1 aliphatic rings. The number of para-hydroxylation sites is 1. The van der Waals surface area contributed by atoms with Crippen LogP contribution in [0.15, 0.2) is 23.2 Å². The van der Waals surface area contributed by atoms with Crippen molar-refractivity contribution in [3.05, 3.63) is 28.0 Å². The standard InChI is InChI=1S/C16H19ClN2OS/c1-2-19-14-12(17)9-6-10-13(14)21-16(19)18-15(20)11-7-4-3-5-8-11/h6,9-11H,2-5,7-8H2,1H3.